The molecule has 0 aromatic rings. The SMILES string of the molecule is CCCCC/C=C/C=C/C=C/C=C/CCCCCC(CC(=O)NC(CO)C(O)CCCCCCCCCCCCCC)OC(=O)CCCCCCCCCCCCCCCCC. The van der Waals surface area contributed by atoms with Crippen LogP contribution < -0.4 is 5.32 Å². The first-order valence-electron chi connectivity index (χ1n) is 26.9. The predicted molar refractivity (Wildman–Crippen MR) is 269 cm³/mol. The van der Waals surface area contributed by atoms with Crippen LogP contribution in [0.25, 0.3) is 0 Å². The highest BCUT2D eigenvalue weighted by molar-refractivity contribution is 5.77. The summed E-state index contributed by atoms with van der Waals surface area (Å²) >= 11 is 0. The van der Waals surface area contributed by atoms with Crippen LogP contribution in [-0.2, 0) is 14.3 Å². The molecule has 0 bridgehead atoms. The van der Waals surface area contributed by atoms with E-state index >= 15 is 0 Å². The minimum absolute atomic E-state index is 0.0541. The monoisotopic (exact) mass is 870 g/mol. The standard InChI is InChI=1S/C56H103NO5/c1-4-7-10-13-16-19-22-25-27-29-30-32-35-38-41-44-47-52(62-56(61)49-46-43-40-37-34-31-28-26-23-20-17-14-11-8-5-2)50-55(60)57-53(51-58)54(59)48-45-42-39-36-33-24-21-18-15-12-9-6-3/h16,19,22,25,27,29-30,32,52-54,58-59H,4-15,17-18,20-21,23-24,26,28,31,33-51H2,1-3H3,(H,57,60)/b19-16+,25-22+,29-27+,32-30+. The van der Waals surface area contributed by atoms with Crippen molar-refractivity contribution in [3.63, 3.8) is 0 Å². The van der Waals surface area contributed by atoms with E-state index in [9.17, 15) is 19.8 Å². The van der Waals surface area contributed by atoms with Crippen LogP contribution in [0, 0.1) is 0 Å². The molecule has 1 amide bonds. The van der Waals surface area contributed by atoms with Crippen molar-refractivity contribution in [3.8, 4) is 0 Å². The topological polar surface area (TPSA) is 95.9 Å². The number of unbranched alkanes of at least 4 members (excludes halogenated alkanes) is 31. The molecular formula is C56H103NO5. The second kappa shape index (κ2) is 49.8. The third-order valence-electron chi connectivity index (χ3n) is 12.3. The summed E-state index contributed by atoms with van der Waals surface area (Å²) in [6.45, 7) is 6.45. The number of ether oxygens (including phenoxy) is 1. The van der Waals surface area contributed by atoms with Crippen LogP contribution in [0.2, 0.25) is 0 Å². The van der Waals surface area contributed by atoms with Crippen molar-refractivity contribution in [1.29, 1.82) is 0 Å². The van der Waals surface area contributed by atoms with E-state index in [4.69, 9.17) is 4.74 Å². The first-order chi connectivity index (χ1) is 30.5. The maximum atomic E-state index is 13.2. The molecule has 0 aliphatic heterocycles. The number of amides is 1. The second-order valence-electron chi connectivity index (χ2n) is 18.4. The summed E-state index contributed by atoms with van der Waals surface area (Å²) in [6, 6.07) is -0.713. The minimum Gasteiger partial charge on any atom is -0.462 e. The van der Waals surface area contributed by atoms with Gasteiger partial charge in [-0.3, -0.25) is 9.59 Å². The number of nitrogens with one attached hydrogen (secondary N) is 1. The Hall–Kier alpha value is -2.18. The number of esters is 1. The molecule has 62 heavy (non-hydrogen) atoms. The van der Waals surface area contributed by atoms with Crippen molar-refractivity contribution in [1.82, 2.24) is 5.32 Å². The minimum atomic E-state index is -0.797. The van der Waals surface area contributed by atoms with E-state index < -0.39 is 18.2 Å². The van der Waals surface area contributed by atoms with Gasteiger partial charge in [-0.15, -0.1) is 0 Å². The Balaban J connectivity index is 4.65. The number of hydrogen-bond acceptors (Lipinski definition) is 5. The van der Waals surface area contributed by atoms with Crippen molar-refractivity contribution in [2.75, 3.05) is 6.61 Å². The summed E-state index contributed by atoms with van der Waals surface area (Å²) in [5, 5.41) is 23.8. The molecular weight excluding hydrogens is 767 g/mol. The van der Waals surface area contributed by atoms with Gasteiger partial charge in [-0.1, -0.05) is 256 Å². The van der Waals surface area contributed by atoms with Gasteiger partial charge in [0.25, 0.3) is 0 Å². The number of carbonyl (C=O) groups is 2. The van der Waals surface area contributed by atoms with Crippen molar-refractivity contribution < 1.29 is 24.5 Å². The summed E-state index contributed by atoms with van der Waals surface area (Å²) in [4.78, 5) is 26.2. The number of aliphatic hydroxyl groups excluding tert-OH is 2. The number of hydrogen-bond donors (Lipinski definition) is 3. The van der Waals surface area contributed by atoms with Crippen molar-refractivity contribution >= 4 is 11.9 Å². The second-order valence-corrected chi connectivity index (χ2v) is 18.4. The molecule has 362 valence electrons. The Kier molecular flexibility index (Phi) is 48.1. The molecule has 0 rings (SSSR count). The fourth-order valence-electron chi connectivity index (χ4n) is 8.15. The van der Waals surface area contributed by atoms with Gasteiger partial charge in [0.05, 0.1) is 25.2 Å². The third kappa shape index (κ3) is 44.4. The first-order valence-corrected chi connectivity index (χ1v) is 26.9. The molecule has 6 nitrogen and oxygen atoms in total. The van der Waals surface area contributed by atoms with Gasteiger partial charge >= 0.3 is 5.97 Å². The van der Waals surface area contributed by atoms with Crippen molar-refractivity contribution in [2.24, 2.45) is 0 Å². The third-order valence-corrected chi connectivity index (χ3v) is 12.3. The van der Waals surface area contributed by atoms with Gasteiger partial charge in [-0.05, 0) is 51.4 Å². The average molecular weight is 870 g/mol. The lowest BCUT2D eigenvalue weighted by Crippen LogP contribution is -2.46. The molecule has 3 unspecified atom stereocenters. The van der Waals surface area contributed by atoms with E-state index in [-0.39, 0.29) is 24.9 Å². The molecule has 0 radical (unpaired) electrons. The fraction of sp³-hybridized carbons (Fsp3) is 0.821. The molecule has 3 N–H and O–H groups in total. The van der Waals surface area contributed by atoms with Crippen LogP contribution in [0.15, 0.2) is 48.6 Å². The highest BCUT2D eigenvalue weighted by atomic mass is 16.5. The van der Waals surface area contributed by atoms with E-state index in [1.54, 1.807) is 0 Å². The molecule has 0 aromatic heterocycles. The van der Waals surface area contributed by atoms with Crippen LogP contribution in [-0.4, -0.2) is 46.9 Å². The number of carbonyl (C=O) groups excluding carboxylic acids is 2. The predicted octanol–water partition coefficient (Wildman–Crippen LogP) is 16.2. The summed E-state index contributed by atoms with van der Waals surface area (Å²) in [6.07, 6.45) is 60.2. The quantitative estimate of drug-likeness (QED) is 0.0322. The normalized spacial score (nSPS) is 13.6. The fourth-order valence-corrected chi connectivity index (χ4v) is 8.15. The summed E-state index contributed by atoms with van der Waals surface area (Å²) in [5.74, 6) is -0.503. The van der Waals surface area contributed by atoms with Crippen LogP contribution >= 0.6 is 0 Å². The van der Waals surface area contributed by atoms with Gasteiger partial charge in [0.1, 0.15) is 6.10 Å². The van der Waals surface area contributed by atoms with Gasteiger partial charge in [-0.25, -0.2) is 0 Å². The van der Waals surface area contributed by atoms with Gasteiger partial charge < -0.3 is 20.3 Å². The number of aliphatic hydroxyl groups is 2. The Bertz CT molecular complexity index is 1070. The van der Waals surface area contributed by atoms with Crippen molar-refractivity contribution in [2.45, 2.75) is 289 Å². The van der Waals surface area contributed by atoms with Gasteiger partial charge in [0.15, 0.2) is 0 Å². The molecule has 0 aliphatic carbocycles. The summed E-state index contributed by atoms with van der Waals surface area (Å²) < 4.78 is 5.93. The molecule has 6 heteroatoms. The summed E-state index contributed by atoms with van der Waals surface area (Å²) in [7, 11) is 0. The molecule has 0 spiro atoms. The van der Waals surface area contributed by atoms with E-state index in [1.165, 1.54) is 154 Å². The summed E-state index contributed by atoms with van der Waals surface area (Å²) in [5.41, 5.74) is 0. The Morgan fingerprint density at radius 3 is 1.27 bits per heavy atom. The van der Waals surface area contributed by atoms with Gasteiger partial charge in [0.2, 0.25) is 5.91 Å². The van der Waals surface area contributed by atoms with Crippen molar-refractivity contribution in [3.05, 3.63) is 48.6 Å². The number of allylic oxidation sites excluding steroid dienone is 8. The van der Waals surface area contributed by atoms with Crippen LogP contribution in [0.4, 0.5) is 0 Å². The Labute approximate surface area is 385 Å². The van der Waals surface area contributed by atoms with E-state index in [0.717, 1.165) is 70.6 Å². The Morgan fingerprint density at radius 2 is 0.823 bits per heavy atom. The molecule has 3 atom stereocenters. The van der Waals surface area contributed by atoms with E-state index in [0.29, 0.717) is 19.3 Å². The van der Waals surface area contributed by atoms with E-state index in [2.05, 4.69) is 74.7 Å². The highest BCUT2D eigenvalue weighted by Crippen LogP contribution is 2.18. The van der Waals surface area contributed by atoms with Crippen LogP contribution in [0.5, 0.6) is 0 Å². The zero-order valence-corrected chi connectivity index (χ0v) is 41.3. The maximum absolute atomic E-state index is 13.2. The van der Waals surface area contributed by atoms with Gasteiger partial charge in [0, 0.05) is 6.42 Å². The van der Waals surface area contributed by atoms with Crippen LogP contribution in [0.1, 0.15) is 271 Å². The molecule has 0 aromatic carbocycles. The van der Waals surface area contributed by atoms with Crippen LogP contribution in [0.3, 0.4) is 0 Å². The molecule has 0 saturated carbocycles. The lowest BCUT2D eigenvalue weighted by atomic mass is 10.0. The largest absolute Gasteiger partial charge is 0.462 e. The molecule has 0 heterocycles. The van der Waals surface area contributed by atoms with E-state index in [1.807, 2.05) is 0 Å². The molecule has 0 aliphatic rings. The Morgan fingerprint density at radius 1 is 0.468 bits per heavy atom. The lowest BCUT2D eigenvalue weighted by Gasteiger charge is -2.24. The maximum Gasteiger partial charge on any atom is 0.306 e. The zero-order valence-electron chi connectivity index (χ0n) is 41.3. The lowest BCUT2D eigenvalue weighted by molar-refractivity contribution is -0.151. The van der Waals surface area contributed by atoms with Gasteiger partial charge in [-0.2, -0.15) is 0 Å². The number of rotatable bonds is 48. The highest BCUT2D eigenvalue weighted by Gasteiger charge is 2.24. The zero-order chi connectivity index (χ0) is 45.2. The average Bonchev–Trinajstić information content (AvgIpc) is 3.26. The first kappa shape index (κ1) is 59.8. The smallest absolute Gasteiger partial charge is 0.306 e. The molecule has 0 fully saturated rings. The molecule has 0 saturated heterocycles.